The molecule has 0 unspecified atom stereocenters. The van der Waals surface area contributed by atoms with Crippen LogP contribution in [0, 0.1) is 0 Å². The normalized spacial score (nSPS) is 12.4. The largest absolute Gasteiger partial charge is 0.508 e. The van der Waals surface area contributed by atoms with Gasteiger partial charge in [-0.1, -0.05) is 43.2 Å². The average molecular weight is 555 g/mol. The second kappa shape index (κ2) is 17.1. The van der Waals surface area contributed by atoms with Gasteiger partial charge in [0.25, 0.3) is 0 Å². The van der Waals surface area contributed by atoms with E-state index in [4.69, 9.17) is 9.47 Å². The highest BCUT2D eigenvalue weighted by Gasteiger charge is 2.13. The fourth-order valence-electron chi connectivity index (χ4n) is 3.67. The van der Waals surface area contributed by atoms with Crippen LogP contribution in [0.1, 0.15) is 54.0 Å². The van der Waals surface area contributed by atoms with Crippen LogP contribution < -0.4 is 10.5 Å². The number of aromatic hydroxyl groups is 1. The van der Waals surface area contributed by atoms with E-state index in [0.29, 0.717) is 49.7 Å². The Labute approximate surface area is 223 Å². The van der Waals surface area contributed by atoms with Crippen molar-refractivity contribution in [2.45, 2.75) is 51.4 Å². The van der Waals surface area contributed by atoms with E-state index in [0.717, 1.165) is 37.8 Å². The first-order chi connectivity index (χ1) is 18.2. The molecule has 11 nitrogen and oxygen atoms in total. The summed E-state index contributed by atoms with van der Waals surface area (Å²) >= 11 is 0. The summed E-state index contributed by atoms with van der Waals surface area (Å²) in [6.45, 7) is 2.77. The van der Waals surface area contributed by atoms with Crippen molar-refractivity contribution in [2.75, 3.05) is 32.9 Å². The molecule has 2 aromatic rings. The maximum Gasteiger partial charge on any atom is 0.382 e. The van der Waals surface area contributed by atoms with Crippen molar-refractivity contribution in [1.29, 1.82) is 0 Å². The Morgan fingerprint density at radius 2 is 1.71 bits per heavy atom. The van der Waals surface area contributed by atoms with Gasteiger partial charge < -0.3 is 34.3 Å². The molecule has 6 N–H and O–H groups in total. The predicted molar refractivity (Wildman–Crippen MR) is 140 cm³/mol. The number of carbonyl (C=O) groups is 1. The number of nitrogens with one attached hydrogen (secondary N) is 1. The first-order valence-corrected chi connectivity index (χ1v) is 13.9. The van der Waals surface area contributed by atoms with Crippen molar-refractivity contribution in [1.82, 2.24) is 5.32 Å². The van der Waals surface area contributed by atoms with E-state index in [1.165, 1.54) is 6.07 Å². The molecule has 0 amide bonds. The Morgan fingerprint density at radius 1 is 0.974 bits per heavy atom. The zero-order valence-electron chi connectivity index (χ0n) is 21.4. The van der Waals surface area contributed by atoms with Gasteiger partial charge in [0.05, 0.1) is 39.0 Å². The van der Waals surface area contributed by atoms with E-state index >= 15 is 0 Å². The molecule has 12 heteroatoms. The Kier molecular flexibility index (Phi) is 14.2. The van der Waals surface area contributed by atoms with E-state index in [1.807, 2.05) is 6.07 Å². The highest BCUT2D eigenvalue weighted by Crippen LogP contribution is 2.22. The van der Waals surface area contributed by atoms with E-state index in [9.17, 15) is 28.5 Å². The van der Waals surface area contributed by atoms with Gasteiger partial charge in [-0.3, -0.25) is 4.79 Å². The smallest absolute Gasteiger partial charge is 0.382 e. The van der Waals surface area contributed by atoms with E-state index in [-0.39, 0.29) is 18.8 Å². The molecule has 212 valence electrons. The number of rotatable bonds is 19. The number of aliphatic hydroxyl groups excluding tert-OH is 2. The SMILES string of the molecule is NS(=O)(=O)OC(=O)Cc1cccc(COCCOCCCCCCNC[C@H](O)c2ccc(O)c(CO)c2)c1. The highest BCUT2D eigenvalue weighted by molar-refractivity contribution is 7.84. The Morgan fingerprint density at radius 3 is 2.47 bits per heavy atom. The van der Waals surface area contributed by atoms with Crippen LogP contribution in [0.3, 0.4) is 0 Å². The fraction of sp³-hybridized carbons (Fsp3) is 0.500. The second-order valence-electron chi connectivity index (χ2n) is 8.79. The summed E-state index contributed by atoms with van der Waals surface area (Å²) in [6, 6.07) is 11.7. The third kappa shape index (κ3) is 13.3. The molecule has 0 bridgehead atoms. The van der Waals surface area contributed by atoms with Crippen molar-refractivity contribution in [3.63, 3.8) is 0 Å². The molecule has 1 atom stereocenters. The van der Waals surface area contributed by atoms with Crippen LogP contribution in [0.4, 0.5) is 0 Å². The van der Waals surface area contributed by atoms with Gasteiger partial charge >= 0.3 is 16.3 Å². The maximum absolute atomic E-state index is 11.6. The fourth-order valence-corrected chi connectivity index (χ4v) is 3.99. The summed E-state index contributed by atoms with van der Waals surface area (Å²) < 4.78 is 36.9. The molecule has 0 aliphatic carbocycles. The summed E-state index contributed by atoms with van der Waals surface area (Å²) in [4.78, 5) is 11.6. The summed E-state index contributed by atoms with van der Waals surface area (Å²) in [6.07, 6.45) is 3.07. The minimum absolute atomic E-state index is 0.0170. The Hall–Kier alpha value is -2.58. The monoisotopic (exact) mass is 554 g/mol. The minimum Gasteiger partial charge on any atom is -0.508 e. The van der Waals surface area contributed by atoms with Gasteiger partial charge in [-0.15, -0.1) is 0 Å². The molecule has 2 rings (SSSR count). The van der Waals surface area contributed by atoms with Gasteiger partial charge in [0.2, 0.25) is 0 Å². The standard InChI is InChI=1S/C26H38N2O9S/c27-38(33,34)37-26(32)15-20-6-5-7-21(14-20)19-36-13-12-35-11-4-2-1-3-10-28-17-25(31)22-8-9-24(30)23(16-22)18-29/h5-9,14,16,25,28-31H,1-4,10-13,15,17-19H2,(H2,27,33,34)/t25-/m0/s1. The topological polar surface area (TPSA) is 178 Å². The number of phenols is 1. The Balaban J connectivity index is 1.45. The van der Waals surface area contributed by atoms with Gasteiger partial charge in [0.15, 0.2) is 0 Å². The Bertz CT molecular complexity index is 1100. The lowest BCUT2D eigenvalue weighted by Gasteiger charge is -2.14. The molecule has 0 aliphatic heterocycles. The lowest BCUT2D eigenvalue weighted by molar-refractivity contribution is -0.133. The number of aliphatic hydroxyl groups is 2. The van der Waals surface area contributed by atoms with E-state index in [2.05, 4.69) is 14.6 Å². The summed E-state index contributed by atoms with van der Waals surface area (Å²) in [5.74, 6) is -0.930. The maximum atomic E-state index is 11.6. The lowest BCUT2D eigenvalue weighted by atomic mass is 10.1. The first-order valence-electron chi connectivity index (χ1n) is 12.5. The van der Waals surface area contributed by atoms with Crippen molar-refractivity contribution in [3.05, 3.63) is 64.7 Å². The van der Waals surface area contributed by atoms with Crippen LogP contribution in [0.5, 0.6) is 5.75 Å². The zero-order valence-corrected chi connectivity index (χ0v) is 22.2. The number of carbonyl (C=O) groups excluding carboxylic acids is 1. The summed E-state index contributed by atoms with van der Waals surface area (Å²) in [5, 5.41) is 37.0. The van der Waals surface area contributed by atoms with Crippen molar-refractivity contribution in [2.24, 2.45) is 5.14 Å². The van der Waals surface area contributed by atoms with Gasteiger partial charge in [-0.05, 0) is 48.2 Å². The number of ether oxygens (including phenoxy) is 2. The molecule has 0 spiro atoms. The van der Waals surface area contributed by atoms with Crippen LogP contribution in [-0.2, 0) is 48.4 Å². The predicted octanol–water partition coefficient (Wildman–Crippen LogP) is 1.59. The van der Waals surface area contributed by atoms with Gasteiger partial charge in [0, 0.05) is 18.7 Å². The summed E-state index contributed by atoms with van der Waals surface area (Å²) in [5.41, 5.74) is 2.48. The second-order valence-corrected chi connectivity index (χ2v) is 9.94. The van der Waals surface area contributed by atoms with E-state index < -0.39 is 22.4 Å². The molecule has 0 fully saturated rings. The van der Waals surface area contributed by atoms with Gasteiger partial charge in [0.1, 0.15) is 5.75 Å². The third-order valence-corrected chi connectivity index (χ3v) is 6.00. The van der Waals surface area contributed by atoms with Crippen molar-refractivity contribution >= 4 is 16.3 Å². The van der Waals surface area contributed by atoms with Crippen molar-refractivity contribution in [3.8, 4) is 5.75 Å². The molecule has 38 heavy (non-hydrogen) atoms. The molecule has 0 saturated heterocycles. The first kappa shape index (κ1) is 31.6. The van der Waals surface area contributed by atoms with Crippen molar-refractivity contribution < 1.29 is 42.2 Å². The third-order valence-electron chi connectivity index (χ3n) is 5.58. The zero-order chi connectivity index (χ0) is 27.8. The number of hydrogen-bond donors (Lipinski definition) is 5. The summed E-state index contributed by atoms with van der Waals surface area (Å²) in [7, 11) is -4.31. The minimum atomic E-state index is -4.31. The molecular weight excluding hydrogens is 516 g/mol. The number of unbranched alkanes of at least 4 members (excludes halogenated alkanes) is 3. The molecule has 0 radical (unpaired) electrons. The highest BCUT2D eigenvalue weighted by atomic mass is 32.2. The van der Waals surface area contributed by atoms with Crippen LogP contribution in [-0.4, -0.2) is 62.6 Å². The molecule has 0 aromatic heterocycles. The number of hydrogen-bond acceptors (Lipinski definition) is 10. The molecule has 0 saturated carbocycles. The average Bonchev–Trinajstić information content (AvgIpc) is 2.86. The lowest BCUT2D eigenvalue weighted by Crippen LogP contribution is -2.22. The number of benzene rings is 2. The molecule has 0 aliphatic rings. The molecule has 0 heterocycles. The van der Waals surface area contributed by atoms with Crippen LogP contribution in [0.25, 0.3) is 0 Å². The quantitative estimate of drug-likeness (QED) is 0.160. The number of nitrogens with two attached hydrogens (primary N) is 1. The van der Waals surface area contributed by atoms with Gasteiger partial charge in [-0.2, -0.15) is 13.6 Å². The molecular formula is C26H38N2O9S. The van der Waals surface area contributed by atoms with E-state index in [1.54, 1.807) is 30.3 Å². The molecule has 2 aromatic carbocycles. The van der Waals surface area contributed by atoms with Gasteiger partial charge in [-0.25, -0.2) is 0 Å². The van der Waals surface area contributed by atoms with Crippen LogP contribution in [0.2, 0.25) is 0 Å². The van der Waals surface area contributed by atoms with Crippen LogP contribution >= 0.6 is 0 Å². The van der Waals surface area contributed by atoms with Crippen LogP contribution in [0.15, 0.2) is 42.5 Å².